The smallest absolute Gasteiger partial charge is 0.223 e. The number of aliphatic hydroxyl groups excluding tert-OH is 1. The fourth-order valence-corrected chi connectivity index (χ4v) is 2.76. The molecule has 0 aliphatic carbocycles. The van der Waals surface area contributed by atoms with Crippen molar-refractivity contribution < 1.29 is 9.84 Å². The number of nitrogen functional groups attached to an aromatic ring is 1. The molecule has 1 aliphatic rings. The Bertz CT molecular complexity index is 587. The Morgan fingerprint density at radius 2 is 2.33 bits per heavy atom. The van der Waals surface area contributed by atoms with E-state index in [0.717, 1.165) is 22.1 Å². The maximum Gasteiger partial charge on any atom is 0.223 e. The summed E-state index contributed by atoms with van der Waals surface area (Å²) in [5.41, 5.74) is 7.06. The van der Waals surface area contributed by atoms with E-state index in [9.17, 15) is 0 Å². The van der Waals surface area contributed by atoms with Crippen LogP contribution in [0.15, 0.2) is 6.33 Å². The Morgan fingerprint density at radius 1 is 1.50 bits per heavy atom. The van der Waals surface area contributed by atoms with E-state index in [0.29, 0.717) is 5.65 Å². The summed E-state index contributed by atoms with van der Waals surface area (Å²) < 4.78 is 8.29. The summed E-state index contributed by atoms with van der Waals surface area (Å²) in [5, 5.41) is 9.09. The number of aliphatic hydroxyl groups is 1. The summed E-state index contributed by atoms with van der Waals surface area (Å²) in [6, 6.07) is 0. The zero-order valence-electron chi connectivity index (χ0n) is 9.45. The number of rotatable bonds is 2. The molecule has 1 saturated heterocycles. The van der Waals surface area contributed by atoms with Gasteiger partial charge in [-0.25, -0.2) is 9.97 Å². The van der Waals surface area contributed by atoms with Gasteiger partial charge in [0.25, 0.3) is 0 Å². The molecule has 0 radical (unpaired) electrons. The number of imidazole rings is 1. The second kappa shape index (κ2) is 4.59. The van der Waals surface area contributed by atoms with Crippen molar-refractivity contribution in [1.82, 2.24) is 19.5 Å². The zero-order chi connectivity index (χ0) is 12.7. The number of fused-ring (bicyclic) bond motifs is 1. The van der Waals surface area contributed by atoms with E-state index < -0.39 is 0 Å². The third-order valence-electron chi connectivity index (χ3n) is 3.00. The molecule has 0 unspecified atom stereocenters. The normalized spacial score (nSPS) is 23.9. The van der Waals surface area contributed by atoms with E-state index in [4.69, 9.17) is 15.6 Å². The Balaban J connectivity index is 2.03. The lowest BCUT2D eigenvalue weighted by Gasteiger charge is -2.13. The van der Waals surface area contributed by atoms with Gasteiger partial charge in [0.2, 0.25) is 5.95 Å². The van der Waals surface area contributed by atoms with Crippen molar-refractivity contribution in [2.24, 2.45) is 0 Å². The van der Waals surface area contributed by atoms with E-state index in [1.54, 1.807) is 6.33 Å². The molecule has 3 heterocycles. The van der Waals surface area contributed by atoms with Gasteiger partial charge in [-0.3, -0.25) is 4.57 Å². The molecule has 7 nitrogen and oxygen atoms in total. The first-order valence-electron chi connectivity index (χ1n) is 5.61. The van der Waals surface area contributed by atoms with Crippen LogP contribution in [0.3, 0.4) is 0 Å². The van der Waals surface area contributed by atoms with Crippen molar-refractivity contribution >= 4 is 39.7 Å². The van der Waals surface area contributed by atoms with Crippen molar-refractivity contribution in [3.8, 4) is 0 Å². The first-order chi connectivity index (χ1) is 8.69. The molecule has 2 aromatic heterocycles. The molecule has 3 rings (SSSR count). The molecular weight excluding hydrogens is 349 g/mol. The molecule has 18 heavy (non-hydrogen) atoms. The fraction of sp³-hybridized carbons (Fsp3) is 0.500. The average molecular weight is 361 g/mol. The Hall–Kier alpha value is -1.00. The molecule has 0 bridgehead atoms. The summed E-state index contributed by atoms with van der Waals surface area (Å²) in [5.74, 6) is 0.227. The van der Waals surface area contributed by atoms with Crippen molar-refractivity contribution in [3.05, 3.63) is 10.0 Å². The highest BCUT2D eigenvalue weighted by Gasteiger charge is 2.27. The summed E-state index contributed by atoms with van der Waals surface area (Å²) >= 11 is 2.08. The van der Waals surface area contributed by atoms with Crippen LogP contribution >= 0.6 is 22.6 Å². The van der Waals surface area contributed by atoms with E-state index in [-0.39, 0.29) is 24.9 Å². The van der Waals surface area contributed by atoms with Crippen molar-refractivity contribution in [3.63, 3.8) is 0 Å². The van der Waals surface area contributed by atoms with Crippen LogP contribution in [-0.4, -0.2) is 37.3 Å². The standard InChI is InChI=1S/C10H12IN5O2/c11-8-7-9(15-10(12)14-8)16(4-13-7)6-2-1-5(3-17)18-6/h4-6,17H,1-3H2,(H2,12,14,15)/t5-,6+/m0/s1. The van der Waals surface area contributed by atoms with Gasteiger partial charge < -0.3 is 15.6 Å². The number of nitrogens with two attached hydrogens (primary N) is 1. The monoisotopic (exact) mass is 361 g/mol. The second-order valence-corrected chi connectivity index (χ2v) is 5.19. The van der Waals surface area contributed by atoms with Gasteiger partial charge in [0.15, 0.2) is 5.65 Å². The topological polar surface area (TPSA) is 99.1 Å². The summed E-state index contributed by atoms with van der Waals surface area (Å²) in [4.78, 5) is 12.6. The van der Waals surface area contributed by atoms with Crippen molar-refractivity contribution in [2.75, 3.05) is 12.3 Å². The predicted molar refractivity (Wildman–Crippen MR) is 72.7 cm³/mol. The minimum atomic E-state index is -0.141. The fourth-order valence-electron chi connectivity index (χ4n) is 2.13. The van der Waals surface area contributed by atoms with Crippen LogP contribution < -0.4 is 5.73 Å². The van der Waals surface area contributed by atoms with E-state index in [2.05, 4.69) is 37.5 Å². The molecule has 1 aliphatic heterocycles. The summed E-state index contributed by atoms with van der Waals surface area (Å²) in [7, 11) is 0. The molecule has 2 aromatic rings. The van der Waals surface area contributed by atoms with Gasteiger partial charge in [-0.2, -0.15) is 4.98 Å². The third-order valence-corrected chi connectivity index (χ3v) is 3.75. The van der Waals surface area contributed by atoms with Gasteiger partial charge in [-0.05, 0) is 35.4 Å². The molecule has 8 heteroatoms. The van der Waals surface area contributed by atoms with Crippen LogP contribution in [0.25, 0.3) is 11.2 Å². The lowest BCUT2D eigenvalue weighted by Crippen LogP contribution is -2.14. The number of hydrogen-bond acceptors (Lipinski definition) is 6. The summed E-state index contributed by atoms with van der Waals surface area (Å²) in [6.45, 7) is 0.0395. The molecule has 96 valence electrons. The van der Waals surface area contributed by atoms with Gasteiger partial charge in [0.1, 0.15) is 15.4 Å². The number of hydrogen-bond donors (Lipinski definition) is 2. The quantitative estimate of drug-likeness (QED) is 0.603. The van der Waals surface area contributed by atoms with Crippen LogP contribution in [-0.2, 0) is 4.74 Å². The highest BCUT2D eigenvalue weighted by atomic mass is 127. The Labute approximate surface area is 117 Å². The number of nitrogens with zero attached hydrogens (tertiary/aromatic N) is 4. The van der Waals surface area contributed by atoms with Gasteiger partial charge in [0, 0.05) is 0 Å². The minimum Gasteiger partial charge on any atom is -0.394 e. The first-order valence-corrected chi connectivity index (χ1v) is 6.69. The number of halogens is 1. The van der Waals surface area contributed by atoms with Gasteiger partial charge in [0.05, 0.1) is 19.0 Å². The van der Waals surface area contributed by atoms with E-state index >= 15 is 0 Å². The van der Waals surface area contributed by atoms with E-state index in [1.807, 2.05) is 4.57 Å². The van der Waals surface area contributed by atoms with Crippen molar-refractivity contribution in [2.45, 2.75) is 25.2 Å². The van der Waals surface area contributed by atoms with Crippen LogP contribution in [0.4, 0.5) is 5.95 Å². The second-order valence-electron chi connectivity index (χ2n) is 4.17. The van der Waals surface area contributed by atoms with Crippen molar-refractivity contribution in [1.29, 1.82) is 0 Å². The average Bonchev–Trinajstić information content (AvgIpc) is 2.93. The Morgan fingerprint density at radius 3 is 3.06 bits per heavy atom. The highest BCUT2D eigenvalue weighted by molar-refractivity contribution is 14.1. The molecule has 0 saturated carbocycles. The lowest BCUT2D eigenvalue weighted by atomic mass is 10.2. The Kier molecular flexibility index (Phi) is 3.08. The highest BCUT2D eigenvalue weighted by Crippen LogP contribution is 2.30. The molecule has 0 aromatic carbocycles. The molecule has 2 atom stereocenters. The maximum absolute atomic E-state index is 9.09. The third kappa shape index (κ3) is 1.93. The number of ether oxygens (including phenoxy) is 1. The van der Waals surface area contributed by atoms with Crippen LogP contribution in [0.1, 0.15) is 19.1 Å². The van der Waals surface area contributed by atoms with Crippen LogP contribution in [0.5, 0.6) is 0 Å². The lowest BCUT2D eigenvalue weighted by molar-refractivity contribution is -0.0207. The SMILES string of the molecule is Nc1nc(I)c2ncn([C@H]3CC[C@@H](CO)O3)c2n1. The zero-order valence-corrected chi connectivity index (χ0v) is 11.6. The molecular formula is C10H12IN5O2. The van der Waals surface area contributed by atoms with E-state index in [1.165, 1.54) is 0 Å². The molecule has 3 N–H and O–H groups in total. The minimum absolute atomic E-state index is 0.0395. The molecule has 0 amide bonds. The van der Waals surface area contributed by atoms with Crippen LogP contribution in [0, 0.1) is 3.70 Å². The van der Waals surface area contributed by atoms with Gasteiger partial charge in [-0.1, -0.05) is 0 Å². The van der Waals surface area contributed by atoms with Gasteiger partial charge >= 0.3 is 0 Å². The molecule has 0 spiro atoms. The predicted octanol–water partition coefficient (Wildman–Crippen LogP) is 0.683. The summed E-state index contributed by atoms with van der Waals surface area (Å²) in [6.07, 6.45) is 3.10. The number of aromatic nitrogens is 4. The van der Waals surface area contributed by atoms with Gasteiger partial charge in [-0.15, -0.1) is 0 Å². The first kappa shape index (κ1) is 12.1. The largest absolute Gasteiger partial charge is 0.394 e. The maximum atomic E-state index is 9.09. The number of anilines is 1. The van der Waals surface area contributed by atoms with Crippen LogP contribution in [0.2, 0.25) is 0 Å². The molecule has 1 fully saturated rings.